The van der Waals surface area contributed by atoms with Crippen LogP contribution in [0, 0.1) is 10.5 Å². The van der Waals surface area contributed by atoms with Crippen molar-refractivity contribution in [3.63, 3.8) is 0 Å². The summed E-state index contributed by atoms with van der Waals surface area (Å²) in [5.74, 6) is 0. The van der Waals surface area contributed by atoms with Gasteiger partial charge in [-0.15, -0.1) is 0 Å². The predicted molar refractivity (Wildman–Crippen MR) is 80.9 cm³/mol. The van der Waals surface area contributed by atoms with E-state index in [2.05, 4.69) is 64.2 Å². The second-order valence-corrected chi connectivity index (χ2v) is 6.08. The minimum absolute atomic E-state index is 0.731. The van der Waals surface area contributed by atoms with E-state index in [1.165, 1.54) is 27.7 Å². The summed E-state index contributed by atoms with van der Waals surface area (Å²) in [4.78, 5) is 0. The zero-order chi connectivity index (χ0) is 12.5. The van der Waals surface area contributed by atoms with E-state index >= 15 is 0 Å². The maximum absolute atomic E-state index is 4.63. The van der Waals surface area contributed by atoms with E-state index in [0.29, 0.717) is 0 Å². The van der Waals surface area contributed by atoms with Crippen LogP contribution in [-0.4, -0.2) is 15.8 Å². The van der Waals surface area contributed by atoms with Crippen LogP contribution in [-0.2, 0) is 6.54 Å². The molecule has 0 atom stereocenters. The number of nitrogens with zero attached hydrogens (tertiary/aromatic N) is 2. The number of aromatic nitrogens is 2. The lowest BCUT2D eigenvalue weighted by atomic mass is 10.2. The zero-order valence-corrected chi connectivity index (χ0v) is 12.5. The Bertz CT molecular complexity index is 558. The van der Waals surface area contributed by atoms with E-state index in [-0.39, 0.29) is 0 Å². The van der Waals surface area contributed by atoms with Crippen LogP contribution >= 0.6 is 22.6 Å². The van der Waals surface area contributed by atoms with Gasteiger partial charge in [-0.2, -0.15) is 5.10 Å². The molecule has 94 valence electrons. The van der Waals surface area contributed by atoms with Crippen molar-refractivity contribution in [3.05, 3.63) is 45.3 Å². The summed E-state index contributed by atoms with van der Waals surface area (Å²) in [6.07, 6.45) is 4.68. The fraction of sp³-hybridized carbons (Fsp3) is 0.357. The van der Waals surface area contributed by atoms with Crippen LogP contribution in [0.5, 0.6) is 0 Å². The first kappa shape index (κ1) is 12.2. The Labute approximate surface area is 121 Å². The maximum Gasteiger partial charge on any atom is 0.0766 e. The van der Waals surface area contributed by atoms with Crippen molar-refractivity contribution in [2.45, 2.75) is 32.4 Å². The molecule has 1 fully saturated rings. The predicted octanol–water partition coefficient (Wildman–Crippen LogP) is 3.04. The minimum Gasteiger partial charge on any atom is -0.308 e. The van der Waals surface area contributed by atoms with Crippen molar-refractivity contribution in [1.29, 1.82) is 0 Å². The van der Waals surface area contributed by atoms with E-state index in [1.807, 2.05) is 10.9 Å². The van der Waals surface area contributed by atoms with Crippen molar-refractivity contribution < 1.29 is 0 Å². The molecule has 1 N–H and O–H groups in total. The van der Waals surface area contributed by atoms with Crippen LogP contribution in [0.15, 0.2) is 30.5 Å². The van der Waals surface area contributed by atoms with Crippen molar-refractivity contribution in [1.82, 2.24) is 15.1 Å². The molecule has 0 saturated heterocycles. The lowest BCUT2D eigenvalue weighted by Gasteiger charge is -2.06. The van der Waals surface area contributed by atoms with Crippen molar-refractivity contribution in [2.24, 2.45) is 0 Å². The van der Waals surface area contributed by atoms with Crippen LogP contribution in [0.25, 0.3) is 5.69 Å². The fourth-order valence-corrected chi connectivity index (χ4v) is 2.43. The van der Waals surface area contributed by atoms with Gasteiger partial charge in [0.25, 0.3) is 0 Å². The Morgan fingerprint density at radius 3 is 3.00 bits per heavy atom. The average molecular weight is 353 g/mol. The Kier molecular flexibility index (Phi) is 3.39. The third kappa shape index (κ3) is 2.75. The fourth-order valence-electron chi connectivity index (χ4n) is 1.96. The molecule has 0 radical (unpaired) electrons. The third-order valence-corrected chi connectivity index (χ3v) is 3.88. The first-order valence-corrected chi connectivity index (χ1v) is 7.35. The third-order valence-electron chi connectivity index (χ3n) is 3.21. The standard InChI is InChI=1S/C14H16IN3/c1-10-2-3-11(15)8-14(10)18-7-6-13(17-18)9-16-12-4-5-12/h2-3,6-8,12,16H,4-5,9H2,1H3. The molecule has 1 heterocycles. The number of hydrogen-bond donors (Lipinski definition) is 1. The highest BCUT2D eigenvalue weighted by Crippen LogP contribution is 2.20. The first-order valence-electron chi connectivity index (χ1n) is 6.27. The summed E-state index contributed by atoms with van der Waals surface area (Å²) in [6.45, 7) is 3.00. The topological polar surface area (TPSA) is 29.9 Å². The van der Waals surface area contributed by atoms with Crippen LogP contribution in [0.2, 0.25) is 0 Å². The van der Waals surface area contributed by atoms with Gasteiger partial charge in [0.05, 0.1) is 11.4 Å². The molecule has 3 nitrogen and oxygen atoms in total. The van der Waals surface area contributed by atoms with Crippen molar-refractivity contribution >= 4 is 22.6 Å². The Morgan fingerprint density at radius 1 is 1.39 bits per heavy atom. The van der Waals surface area contributed by atoms with Crippen LogP contribution in [0.1, 0.15) is 24.1 Å². The van der Waals surface area contributed by atoms with E-state index < -0.39 is 0 Å². The molecule has 1 aromatic carbocycles. The normalized spacial score (nSPS) is 15.0. The molecular formula is C14H16IN3. The number of rotatable bonds is 4. The van der Waals surface area contributed by atoms with Crippen LogP contribution in [0.4, 0.5) is 0 Å². The average Bonchev–Trinajstić information content (AvgIpc) is 3.08. The molecular weight excluding hydrogens is 337 g/mol. The van der Waals surface area contributed by atoms with Gasteiger partial charge in [0, 0.05) is 22.4 Å². The molecule has 0 amide bonds. The van der Waals surface area contributed by atoms with Gasteiger partial charge >= 0.3 is 0 Å². The highest BCUT2D eigenvalue weighted by atomic mass is 127. The number of hydrogen-bond acceptors (Lipinski definition) is 2. The van der Waals surface area contributed by atoms with Gasteiger partial charge in [-0.1, -0.05) is 6.07 Å². The molecule has 3 rings (SSSR count). The minimum atomic E-state index is 0.731. The van der Waals surface area contributed by atoms with Gasteiger partial charge in [-0.3, -0.25) is 0 Å². The zero-order valence-electron chi connectivity index (χ0n) is 10.4. The largest absolute Gasteiger partial charge is 0.308 e. The number of halogens is 1. The molecule has 18 heavy (non-hydrogen) atoms. The maximum atomic E-state index is 4.63. The molecule has 0 bridgehead atoms. The smallest absolute Gasteiger partial charge is 0.0766 e. The van der Waals surface area contributed by atoms with E-state index in [9.17, 15) is 0 Å². The number of nitrogens with one attached hydrogen (secondary N) is 1. The highest BCUT2D eigenvalue weighted by molar-refractivity contribution is 14.1. The molecule has 2 aromatic rings. The summed E-state index contributed by atoms with van der Waals surface area (Å²) in [5, 5.41) is 8.12. The lowest BCUT2D eigenvalue weighted by molar-refractivity contribution is 0.664. The monoisotopic (exact) mass is 353 g/mol. The van der Waals surface area contributed by atoms with Gasteiger partial charge in [-0.05, 0) is 66.1 Å². The molecule has 1 aliphatic carbocycles. The molecule has 0 unspecified atom stereocenters. The van der Waals surface area contributed by atoms with E-state index in [1.54, 1.807) is 0 Å². The molecule has 0 aliphatic heterocycles. The van der Waals surface area contributed by atoms with Crippen molar-refractivity contribution in [2.75, 3.05) is 0 Å². The van der Waals surface area contributed by atoms with Gasteiger partial charge in [0.2, 0.25) is 0 Å². The second-order valence-electron chi connectivity index (χ2n) is 4.84. The van der Waals surface area contributed by atoms with Crippen LogP contribution < -0.4 is 5.32 Å². The molecule has 1 aliphatic rings. The SMILES string of the molecule is Cc1ccc(I)cc1-n1ccc(CNC2CC2)n1. The Hall–Kier alpha value is -0.880. The summed E-state index contributed by atoms with van der Waals surface area (Å²) < 4.78 is 3.21. The van der Waals surface area contributed by atoms with Gasteiger partial charge in [0.15, 0.2) is 0 Å². The highest BCUT2D eigenvalue weighted by Gasteiger charge is 2.20. The lowest BCUT2D eigenvalue weighted by Crippen LogP contribution is -2.15. The molecule has 1 saturated carbocycles. The summed E-state index contributed by atoms with van der Waals surface area (Å²) >= 11 is 2.34. The van der Waals surface area contributed by atoms with Gasteiger partial charge in [0.1, 0.15) is 0 Å². The van der Waals surface area contributed by atoms with E-state index in [4.69, 9.17) is 0 Å². The van der Waals surface area contributed by atoms with Crippen molar-refractivity contribution in [3.8, 4) is 5.69 Å². The van der Waals surface area contributed by atoms with Gasteiger partial charge < -0.3 is 5.32 Å². The number of aryl methyl sites for hydroxylation is 1. The molecule has 0 spiro atoms. The van der Waals surface area contributed by atoms with Gasteiger partial charge in [-0.25, -0.2) is 4.68 Å². The summed E-state index contributed by atoms with van der Waals surface area (Å²) in [7, 11) is 0. The quantitative estimate of drug-likeness (QED) is 0.857. The first-order chi connectivity index (χ1) is 8.72. The molecule has 4 heteroatoms. The van der Waals surface area contributed by atoms with Crippen LogP contribution in [0.3, 0.4) is 0 Å². The Balaban J connectivity index is 1.80. The molecule has 1 aromatic heterocycles. The Morgan fingerprint density at radius 2 is 2.22 bits per heavy atom. The summed E-state index contributed by atoms with van der Waals surface area (Å²) in [6, 6.07) is 9.25. The summed E-state index contributed by atoms with van der Waals surface area (Å²) in [5.41, 5.74) is 3.53. The number of benzene rings is 1. The van der Waals surface area contributed by atoms with E-state index in [0.717, 1.165) is 18.3 Å². The second kappa shape index (κ2) is 5.01.